The summed E-state index contributed by atoms with van der Waals surface area (Å²) >= 11 is 6.18. The van der Waals surface area contributed by atoms with Crippen molar-refractivity contribution in [2.45, 2.75) is 83.7 Å². The highest BCUT2D eigenvalue weighted by Crippen LogP contribution is 2.39. The molecule has 1 amide bonds. The van der Waals surface area contributed by atoms with Gasteiger partial charge in [0.2, 0.25) is 0 Å². The van der Waals surface area contributed by atoms with Crippen LogP contribution in [-0.2, 0) is 24.3 Å². The Kier molecular flexibility index (Phi) is 11.6. The van der Waals surface area contributed by atoms with Gasteiger partial charge >= 0.3 is 18.2 Å². The van der Waals surface area contributed by atoms with E-state index in [9.17, 15) is 31.2 Å². The van der Waals surface area contributed by atoms with Crippen LogP contribution in [0.15, 0.2) is 52.9 Å². The molecule has 0 heterocycles. The molecule has 0 saturated heterocycles. The van der Waals surface area contributed by atoms with Crippen LogP contribution >= 0.6 is 11.6 Å². The van der Waals surface area contributed by atoms with E-state index in [0.29, 0.717) is 16.1 Å². The smallest absolute Gasteiger partial charge is 0.408 e. The van der Waals surface area contributed by atoms with E-state index < -0.39 is 70.0 Å². The Balaban J connectivity index is 2.15. The first-order chi connectivity index (χ1) is 19.2. The molecule has 2 rings (SSSR count). The van der Waals surface area contributed by atoms with Crippen LogP contribution in [0.1, 0.15) is 65.9 Å². The Morgan fingerprint density at radius 2 is 1.52 bits per heavy atom. The molecule has 8 nitrogen and oxygen atoms in total. The summed E-state index contributed by atoms with van der Waals surface area (Å²) in [6.07, 6.45) is -5.99. The van der Waals surface area contributed by atoms with E-state index in [4.69, 9.17) is 21.1 Å². The number of ether oxygens (including phenoxy) is 2. The third-order valence-electron chi connectivity index (χ3n) is 5.52. The molecule has 13 heteroatoms. The van der Waals surface area contributed by atoms with Gasteiger partial charge in [0.15, 0.2) is 0 Å². The monoisotopic (exact) mass is 632 g/mol. The summed E-state index contributed by atoms with van der Waals surface area (Å²) in [5, 5.41) is 2.76. The van der Waals surface area contributed by atoms with E-state index >= 15 is 0 Å². The molecule has 0 aliphatic heterocycles. The van der Waals surface area contributed by atoms with Crippen molar-refractivity contribution < 1.29 is 40.7 Å². The van der Waals surface area contributed by atoms with Crippen molar-refractivity contribution in [3.05, 3.63) is 59.1 Å². The summed E-state index contributed by atoms with van der Waals surface area (Å²) < 4.78 is 80.7. The molecule has 0 radical (unpaired) electrons. The second-order valence-electron chi connectivity index (χ2n) is 11.5. The van der Waals surface area contributed by atoms with Gasteiger partial charge in [-0.2, -0.15) is 17.6 Å². The number of amides is 1. The zero-order valence-electron chi connectivity index (χ0n) is 24.3. The molecule has 1 N–H and O–H groups in total. The maximum absolute atomic E-state index is 13.9. The first kappa shape index (κ1) is 35.1. The number of alkyl halides is 3. The number of hydrogen-bond acceptors (Lipinski definition) is 6. The lowest BCUT2D eigenvalue weighted by Gasteiger charge is -2.25. The van der Waals surface area contributed by atoms with Crippen LogP contribution in [0.25, 0.3) is 11.1 Å². The molecule has 1 unspecified atom stereocenters. The van der Waals surface area contributed by atoms with Gasteiger partial charge in [-0.05, 0) is 65.2 Å². The number of rotatable bonds is 10. The average Bonchev–Trinajstić information content (AvgIpc) is 2.81. The summed E-state index contributed by atoms with van der Waals surface area (Å²) in [6.45, 7) is 9.67. The van der Waals surface area contributed by atoms with E-state index in [2.05, 4.69) is 9.71 Å². The molecule has 2 aromatic carbocycles. The number of nitrogens with one attached hydrogen (secondary N) is 1. The highest BCUT2D eigenvalue weighted by atomic mass is 35.5. The normalized spacial score (nSPS) is 14.3. The zero-order valence-corrected chi connectivity index (χ0v) is 25.9. The minimum Gasteiger partial charge on any atom is -0.458 e. The molecule has 0 aromatic heterocycles. The standard InChI is InChI=1S/C29H36ClF3N2O6S/c1-27(2,3)40-25(36)24(35-26(37)41-28(4,5)6)15-17-34-42(38,39)18-16-22(29(31,32)33)20-13-11-19(12-14-20)21-9-7-8-10-23(21)30/h7-14,17,22,24H,15-16,18H2,1-6H3,(H,35,37)/t22?,24-/m0/s1. The fraction of sp³-hybridized carbons (Fsp3) is 0.483. The molecule has 2 aromatic rings. The van der Waals surface area contributed by atoms with Crippen molar-refractivity contribution in [3.63, 3.8) is 0 Å². The topological polar surface area (TPSA) is 111 Å². The molecule has 2 atom stereocenters. The summed E-state index contributed by atoms with van der Waals surface area (Å²) in [7, 11) is -4.36. The summed E-state index contributed by atoms with van der Waals surface area (Å²) in [6, 6.07) is 11.1. The van der Waals surface area contributed by atoms with Crippen molar-refractivity contribution in [1.82, 2.24) is 5.32 Å². The maximum atomic E-state index is 13.9. The lowest BCUT2D eigenvalue weighted by Crippen LogP contribution is -2.46. The number of carbonyl (C=O) groups excluding carboxylic acids is 2. The van der Waals surface area contributed by atoms with Gasteiger partial charge in [-0.25, -0.2) is 18.0 Å². The molecular formula is C29H36ClF3N2O6S. The Morgan fingerprint density at radius 3 is 2.05 bits per heavy atom. The average molecular weight is 633 g/mol. The zero-order chi connectivity index (χ0) is 31.9. The Bertz CT molecular complexity index is 1370. The van der Waals surface area contributed by atoms with E-state index in [-0.39, 0.29) is 5.56 Å². The van der Waals surface area contributed by atoms with Gasteiger partial charge in [0.25, 0.3) is 10.0 Å². The predicted molar refractivity (Wildman–Crippen MR) is 156 cm³/mol. The molecule has 0 aliphatic carbocycles. The number of esters is 1. The quantitative estimate of drug-likeness (QED) is 0.222. The number of carbonyl (C=O) groups is 2. The van der Waals surface area contributed by atoms with Crippen LogP contribution in [0.3, 0.4) is 0 Å². The van der Waals surface area contributed by atoms with Crippen LogP contribution in [0.4, 0.5) is 18.0 Å². The number of alkyl carbamates (subject to hydrolysis) is 1. The number of benzene rings is 2. The van der Waals surface area contributed by atoms with Crippen LogP contribution in [0.5, 0.6) is 0 Å². The van der Waals surface area contributed by atoms with Crippen LogP contribution in [-0.4, -0.2) is 55.9 Å². The van der Waals surface area contributed by atoms with Crippen LogP contribution < -0.4 is 5.32 Å². The molecule has 0 spiro atoms. The van der Waals surface area contributed by atoms with Gasteiger partial charge < -0.3 is 14.8 Å². The number of halogens is 4. The first-order valence-corrected chi connectivity index (χ1v) is 15.1. The summed E-state index contributed by atoms with van der Waals surface area (Å²) in [4.78, 5) is 24.8. The van der Waals surface area contributed by atoms with Crippen molar-refractivity contribution in [2.75, 3.05) is 5.75 Å². The molecule has 0 saturated carbocycles. The Labute approximate surface area is 249 Å². The van der Waals surface area contributed by atoms with Crippen molar-refractivity contribution in [2.24, 2.45) is 4.40 Å². The van der Waals surface area contributed by atoms with E-state index in [0.717, 1.165) is 6.21 Å². The molecule has 0 bridgehead atoms. The molecule has 0 aliphatic rings. The second kappa shape index (κ2) is 13.9. The number of nitrogens with zero attached hydrogens (tertiary/aromatic N) is 1. The van der Waals surface area contributed by atoms with Crippen LogP contribution in [0.2, 0.25) is 5.02 Å². The Hall–Kier alpha value is -3.12. The van der Waals surface area contributed by atoms with Gasteiger partial charge in [-0.3, -0.25) is 0 Å². The predicted octanol–water partition coefficient (Wildman–Crippen LogP) is 7.07. The molecular weight excluding hydrogens is 597 g/mol. The van der Waals surface area contributed by atoms with Gasteiger partial charge in [0.1, 0.15) is 17.2 Å². The fourth-order valence-corrected chi connectivity index (χ4v) is 4.92. The molecule has 42 heavy (non-hydrogen) atoms. The highest BCUT2D eigenvalue weighted by Gasteiger charge is 2.41. The van der Waals surface area contributed by atoms with Gasteiger partial charge in [-0.15, -0.1) is 0 Å². The Morgan fingerprint density at radius 1 is 0.952 bits per heavy atom. The van der Waals surface area contributed by atoms with E-state index in [1.165, 1.54) is 24.3 Å². The minimum atomic E-state index is -4.72. The summed E-state index contributed by atoms with van der Waals surface area (Å²) in [5.74, 6) is -3.84. The van der Waals surface area contributed by atoms with E-state index in [1.54, 1.807) is 65.8 Å². The molecule has 0 fully saturated rings. The van der Waals surface area contributed by atoms with Gasteiger partial charge in [0, 0.05) is 23.2 Å². The van der Waals surface area contributed by atoms with Gasteiger partial charge in [0.05, 0.1) is 11.7 Å². The SMILES string of the molecule is CC(C)(C)OC(=O)N[C@@H](CC=NS(=O)(=O)CCC(c1ccc(-c2ccccc2Cl)cc1)C(F)(F)F)C(=O)OC(C)(C)C. The molecule has 232 valence electrons. The maximum Gasteiger partial charge on any atom is 0.408 e. The highest BCUT2D eigenvalue weighted by molar-refractivity contribution is 7.90. The van der Waals surface area contributed by atoms with Crippen LogP contribution in [0, 0.1) is 0 Å². The third kappa shape index (κ3) is 12.0. The summed E-state index contributed by atoms with van der Waals surface area (Å²) in [5.41, 5.74) is -0.626. The largest absolute Gasteiger partial charge is 0.458 e. The third-order valence-corrected chi connectivity index (χ3v) is 7.07. The van der Waals surface area contributed by atoms with Gasteiger partial charge in [-0.1, -0.05) is 54.1 Å². The first-order valence-electron chi connectivity index (χ1n) is 13.1. The van der Waals surface area contributed by atoms with Crippen molar-refractivity contribution in [3.8, 4) is 11.1 Å². The minimum absolute atomic E-state index is 0.107. The second-order valence-corrected chi connectivity index (χ2v) is 13.7. The van der Waals surface area contributed by atoms with Crippen molar-refractivity contribution >= 4 is 39.9 Å². The van der Waals surface area contributed by atoms with E-state index in [1.807, 2.05) is 0 Å². The fourth-order valence-electron chi connectivity index (χ4n) is 3.73. The lowest BCUT2D eigenvalue weighted by atomic mass is 9.93. The number of hydrogen-bond donors (Lipinski definition) is 1. The van der Waals surface area contributed by atoms with Crippen molar-refractivity contribution in [1.29, 1.82) is 0 Å². The lowest BCUT2D eigenvalue weighted by molar-refractivity contribution is -0.157. The number of sulfonamides is 1.